The van der Waals surface area contributed by atoms with Crippen molar-refractivity contribution in [2.45, 2.75) is 32.2 Å². The van der Waals surface area contributed by atoms with Crippen molar-refractivity contribution in [3.63, 3.8) is 0 Å². The Hall–Kier alpha value is -4.38. The van der Waals surface area contributed by atoms with Crippen molar-refractivity contribution < 1.29 is 14.3 Å². The summed E-state index contributed by atoms with van der Waals surface area (Å²) >= 11 is 1.22. The number of para-hydroxylation sites is 1. The number of thiophene rings is 1. The van der Waals surface area contributed by atoms with E-state index in [1.54, 1.807) is 37.5 Å². The molecule has 11 heteroatoms. The van der Waals surface area contributed by atoms with Crippen LogP contribution in [0.15, 0.2) is 48.8 Å². The average molecular weight is 500 g/mol. The molecule has 0 bridgehead atoms. The number of nitrogens with one attached hydrogen (secondary N) is 3. The fourth-order valence-electron chi connectivity index (χ4n) is 4.51. The van der Waals surface area contributed by atoms with Crippen molar-refractivity contribution in [2.75, 3.05) is 10.2 Å². The Bertz CT molecular complexity index is 1540. The number of rotatable bonds is 5. The molecule has 36 heavy (non-hydrogen) atoms. The highest BCUT2D eigenvalue weighted by atomic mass is 32.1. The molecule has 2 aliphatic rings. The minimum Gasteiger partial charge on any atom is -0.424 e. The third-order valence-electron chi connectivity index (χ3n) is 6.24. The second-order valence-corrected chi connectivity index (χ2v) is 9.56. The summed E-state index contributed by atoms with van der Waals surface area (Å²) < 4.78 is 5.72. The summed E-state index contributed by atoms with van der Waals surface area (Å²) in [5.74, 6) is 0.295. The molecule has 3 N–H and O–H groups in total. The normalized spacial score (nSPS) is 16.8. The van der Waals surface area contributed by atoms with E-state index in [1.165, 1.54) is 16.2 Å². The van der Waals surface area contributed by atoms with E-state index in [0.29, 0.717) is 55.7 Å². The monoisotopic (exact) mass is 499 g/mol. The fraction of sp³-hybridized carbons (Fsp3) is 0.200. The molecule has 4 heterocycles. The van der Waals surface area contributed by atoms with Gasteiger partial charge in [0.2, 0.25) is 0 Å². The highest BCUT2D eigenvalue weighted by Gasteiger charge is 2.34. The van der Waals surface area contributed by atoms with Gasteiger partial charge in [0.05, 0.1) is 40.4 Å². The van der Waals surface area contributed by atoms with E-state index in [2.05, 4.69) is 25.6 Å². The Balaban J connectivity index is 1.36. The van der Waals surface area contributed by atoms with Crippen LogP contribution in [-0.4, -0.2) is 38.6 Å². The van der Waals surface area contributed by atoms with Gasteiger partial charge in [-0.3, -0.25) is 9.69 Å². The van der Waals surface area contributed by atoms with E-state index in [-0.39, 0.29) is 18.0 Å². The molecule has 6 rings (SSSR count). The Morgan fingerprint density at radius 2 is 2.06 bits per heavy atom. The summed E-state index contributed by atoms with van der Waals surface area (Å²) in [6, 6.07) is 10.4. The van der Waals surface area contributed by atoms with Gasteiger partial charge in [0.25, 0.3) is 5.91 Å². The van der Waals surface area contributed by atoms with Crippen LogP contribution in [0.5, 0.6) is 11.8 Å². The van der Waals surface area contributed by atoms with E-state index >= 15 is 0 Å². The molecule has 10 nitrogen and oxygen atoms in total. The molecule has 0 saturated heterocycles. The van der Waals surface area contributed by atoms with Crippen LogP contribution < -0.4 is 20.3 Å². The maximum atomic E-state index is 13.3. The Labute approximate surface area is 209 Å². The molecule has 0 radical (unpaired) electrons. The summed E-state index contributed by atoms with van der Waals surface area (Å²) in [6.07, 6.45) is 5.48. The molecule has 3 aromatic heterocycles. The number of amides is 3. The summed E-state index contributed by atoms with van der Waals surface area (Å²) in [4.78, 5) is 42.1. The van der Waals surface area contributed by atoms with Gasteiger partial charge >= 0.3 is 12.0 Å². The first-order chi connectivity index (χ1) is 17.5. The molecule has 180 valence electrons. The maximum absolute atomic E-state index is 13.3. The lowest BCUT2D eigenvalue weighted by Crippen LogP contribution is -2.38. The van der Waals surface area contributed by atoms with Crippen molar-refractivity contribution >= 4 is 56.3 Å². The summed E-state index contributed by atoms with van der Waals surface area (Å²) in [7, 11) is 0. The molecule has 4 aromatic rings. The first kappa shape index (κ1) is 22.1. The third kappa shape index (κ3) is 3.73. The standard InChI is InChI=1S/C25H21N7O3S/c1-13-18(12-28-24(29-13)35-14-6-3-2-4-7-14)32-17-10-11-27-23-19(17)20(31-25(32)34)21(36-23)22(33)30-16-9-5-8-15(16)26/h2-4,6-7,10-12,16,26H,5,8-9H2,1H3,(H,30,33)(H,31,34)/t16-/m1/s1. The number of benzene rings is 1. The predicted octanol–water partition coefficient (Wildman–Crippen LogP) is 5.17. The SMILES string of the molecule is Cc1nc(Oc2ccccc2)ncc1N1C(=O)Nc2c(C(=O)N[C@@H]3CCCC3=N)sc3nccc1c23. The molecule has 1 saturated carbocycles. The smallest absolute Gasteiger partial charge is 0.331 e. The molecule has 0 unspecified atom stereocenters. The van der Waals surface area contributed by atoms with Gasteiger partial charge in [-0.25, -0.2) is 14.8 Å². The largest absolute Gasteiger partial charge is 0.424 e. The van der Waals surface area contributed by atoms with Crippen molar-refractivity contribution in [3.05, 3.63) is 59.4 Å². The van der Waals surface area contributed by atoms with Crippen LogP contribution in [0.2, 0.25) is 0 Å². The molecule has 3 amide bonds. The molecule has 1 aromatic carbocycles. The van der Waals surface area contributed by atoms with Crippen molar-refractivity contribution in [3.8, 4) is 11.8 Å². The molecule has 1 aliphatic carbocycles. The number of pyridine rings is 1. The fourth-order valence-corrected chi connectivity index (χ4v) is 5.54. The van der Waals surface area contributed by atoms with Gasteiger partial charge in [0.1, 0.15) is 15.5 Å². The number of carbonyl (C=O) groups excluding carboxylic acids is 2. The summed E-state index contributed by atoms with van der Waals surface area (Å²) in [5.41, 5.74) is 2.59. The van der Waals surface area contributed by atoms with Gasteiger partial charge in [-0.2, -0.15) is 4.98 Å². The van der Waals surface area contributed by atoms with Gasteiger partial charge < -0.3 is 20.8 Å². The Morgan fingerprint density at radius 3 is 2.81 bits per heavy atom. The zero-order chi connectivity index (χ0) is 24.8. The zero-order valence-electron chi connectivity index (χ0n) is 19.2. The van der Waals surface area contributed by atoms with Crippen LogP contribution in [-0.2, 0) is 0 Å². The van der Waals surface area contributed by atoms with Crippen molar-refractivity contribution in [1.82, 2.24) is 20.3 Å². The second kappa shape index (κ2) is 8.68. The van der Waals surface area contributed by atoms with Crippen LogP contribution in [0, 0.1) is 12.3 Å². The molecule has 1 aliphatic heterocycles. The van der Waals surface area contributed by atoms with Crippen LogP contribution in [0.3, 0.4) is 0 Å². The maximum Gasteiger partial charge on any atom is 0.331 e. The van der Waals surface area contributed by atoms with Crippen LogP contribution in [0.4, 0.5) is 21.9 Å². The van der Waals surface area contributed by atoms with Crippen molar-refractivity contribution in [2.24, 2.45) is 0 Å². The highest BCUT2D eigenvalue weighted by molar-refractivity contribution is 7.21. The first-order valence-electron chi connectivity index (χ1n) is 11.5. The van der Waals surface area contributed by atoms with E-state index in [0.717, 1.165) is 12.8 Å². The lowest BCUT2D eigenvalue weighted by Gasteiger charge is -2.28. The number of carbonyl (C=O) groups is 2. The van der Waals surface area contributed by atoms with E-state index in [4.69, 9.17) is 10.1 Å². The van der Waals surface area contributed by atoms with Crippen LogP contribution in [0.25, 0.3) is 10.2 Å². The van der Waals surface area contributed by atoms with Gasteiger partial charge in [-0.1, -0.05) is 18.2 Å². The van der Waals surface area contributed by atoms with Crippen LogP contribution in [0.1, 0.15) is 34.6 Å². The zero-order valence-corrected chi connectivity index (χ0v) is 20.1. The highest BCUT2D eigenvalue weighted by Crippen LogP contribution is 2.46. The van der Waals surface area contributed by atoms with E-state index < -0.39 is 6.03 Å². The number of nitrogens with zero attached hydrogens (tertiary/aromatic N) is 4. The number of aryl methyl sites for hydroxylation is 1. The van der Waals surface area contributed by atoms with Gasteiger partial charge in [0, 0.05) is 11.9 Å². The Morgan fingerprint density at radius 1 is 1.22 bits per heavy atom. The van der Waals surface area contributed by atoms with E-state index in [9.17, 15) is 9.59 Å². The quantitative estimate of drug-likeness (QED) is 0.347. The van der Waals surface area contributed by atoms with Crippen LogP contribution >= 0.6 is 11.3 Å². The molecule has 0 spiro atoms. The molecular weight excluding hydrogens is 478 g/mol. The molecular formula is C25H21N7O3S. The minimum absolute atomic E-state index is 0.174. The topological polar surface area (TPSA) is 133 Å². The number of anilines is 3. The second-order valence-electron chi connectivity index (χ2n) is 8.56. The lowest BCUT2D eigenvalue weighted by molar-refractivity contribution is 0.0951. The van der Waals surface area contributed by atoms with E-state index in [1.807, 2.05) is 18.2 Å². The van der Waals surface area contributed by atoms with Gasteiger partial charge in [0.15, 0.2) is 0 Å². The van der Waals surface area contributed by atoms with Gasteiger partial charge in [-0.15, -0.1) is 11.3 Å². The molecule has 1 fully saturated rings. The number of urea groups is 1. The minimum atomic E-state index is -0.431. The number of hydrogen-bond donors (Lipinski definition) is 3. The Kier molecular flexibility index (Phi) is 5.33. The number of ether oxygens (including phenoxy) is 1. The summed E-state index contributed by atoms with van der Waals surface area (Å²) in [5, 5.41) is 14.5. The third-order valence-corrected chi connectivity index (χ3v) is 7.34. The average Bonchev–Trinajstić information content (AvgIpc) is 3.45. The number of hydrogen-bond acceptors (Lipinski definition) is 8. The number of aromatic nitrogens is 3. The first-order valence-corrected chi connectivity index (χ1v) is 12.3. The van der Waals surface area contributed by atoms with Crippen molar-refractivity contribution in [1.29, 1.82) is 5.41 Å². The predicted molar refractivity (Wildman–Crippen MR) is 137 cm³/mol. The summed E-state index contributed by atoms with van der Waals surface area (Å²) in [6.45, 7) is 1.78. The lowest BCUT2D eigenvalue weighted by atomic mass is 10.1. The molecule has 1 atom stereocenters. The van der Waals surface area contributed by atoms with Gasteiger partial charge in [-0.05, 0) is 44.4 Å².